The lowest BCUT2D eigenvalue weighted by Gasteiger charge is -2.31. The van der Waals surface area contributed by atoms with Gasteiger partial charge in [0.15, 0.2) is 0 Å². The molecule has 3 rings (SSSR count). The van der Waals surface area contributed by atoms with Crippen molar-refractivity contribution in [1.82, 2.24) is 19.8 Å². The standard InChI is InChI=1S/C16H20N4O4S/c1-25(22,23)20-7-8-24-13(11-20)10-17-16(21)15-9-14(18-19-15)12-5-3-2-4-6-12/h2-6,9,13H,7-8,10-11H2,1H3,(H,17,21)(H,18,19)/t13-/m1/s1. The van der Waals surface area contributed by atoms with Crippen molar-refractivity contribution in [2.75, 3.05) is 32.5 Å². The Bertz CT molecular complexity index is 835. The van der Waals surface area contributed by atoms with E-state index in [1.807, 2.05) is 30.3 Å². The van der Waals surface area contributed by atoms with Gasteiger partial charge < -0.3 is 10.1 Å². The number of H-pyrrole nitrogens is 1. The van der Waals surface area contributed by atoms with Crippen LogP contribution in [0.1, 0.15) is 10.5 Å². The summed E-state index contributed by atoms with van der Waals surface area (Å²) in [5.41, 5.74) is 1.94. The molecule has 0 bridgehead atoms. The number of amides is 1. The van der Waals surface area contributed by atoms with Gasteiger partial charge in [0, 0.05) is 25.2 Å². The highest BCUT2D eigenvalue weighted by Gasteiger charge is 2.26. The van der Waals surface area contributed by atoms with E-state index in [-0.39, 0.29) is 25.1 Å². The molecule has 2 N–H and O–H groups in total. The SMILES string of the molecule is CS(=O)(=O)N1CCO[C@H](CNC(=O)c2cc(-c3ccccc3)n[nH]2)C1. The van der Waals surface area contributed by atoms with E-state index in [0.29, 0.717) is 24.5 Å². The average Bonchev–Trinajstić information content (AvgIpc) is 3.10. The van der Waals surface area contributed by atoms with Crippen LogP contribution in [-0.4, -0.2) is 67.4 Å². The fourth-order valence-electron chi connectivity index (χ4n) is 2.61. The highest BCUT2D eigenvalue weighted by molar-refractivity contribution is 7.88. The molecule has 134 valence electrons. The molecule has 9 heteroatoms. The van der Waals surface area contributed by atoms with Crippen molar-refractivity contribution < 1.29 is 17.9 Å². The van der Waals surface area contributed by atoms with Gasteiger partial charge in [0.2, 0.25) is 10.0 Å². The van der Waals surface area contributed by atoms with Gasteiger partial charge in [-0.05, 0) is 6.07 Å². The Hall–Kier alpha value is -2.23. The highest BCUT2D eigenvalue weighted by Crippen LogP contribution is 2.16. The van der Waals surface area contributed by atoms with Crippen LogP contribution in [-0.2, 0) is 14.8 Å². The molecule has 2 heterocycles. The van der Waals surface area contributed by atoms with Crippen molar-refractivity contribution in [3.63, 3.8) is 0 Å². The van der Waals surface area contributed by atoms with E-state index in [2.05, 4.69) is 15.5 Å². The van der Waals surface area contributed by atoms with Crippen LogP contribution in [0, 0.1) is 0 Å². The number of aromatic nitrogens is 2. The van der Waals surface area contributed by atoms with Crippen LogP contribution in [0.4, 0.5) is 0 Å². The molecule has 0 saturated carbocycles. The van der Waals surface area contributed by atoms with Crippen molar-refractivity contribution in [3.05, 3.63) is 42.1 Å². The second-order valence-corrected chi connectivity index (χ2v) is 7.84. The van der Waals surface area contributed by atoms with Gasteiger partial charge in [-0.25, -0.2) is 8.42 Å². The van der Waals surface area contributed by atoms with Crippen LogP contribution in [0.5, 0.6) is 0 Å². The van der Waals surface area contributed by atoms with Crippen LogP contribution in [0.15, 0.2) is 36.4 Å². The van der Waals surface area contributed by atoms with Gasteiger partial charge in [-0.2, -0.15) is 9.40 Å². The molecule has 2 aromatic rings. The van der Waals surface area contributed by atoms with Gasteiger partial charge >= 0.3 is 0 Å². The Morgan fingerprint density at radius 1 is 1.40 bits per heavy atom. The quantitative estimate of drug-likeness (QED) is 0.802. The van der Waals surface area contributed by atoms with Crippen molar-refractivity contribution in [1.29, 1.82) is 0 Å². The summed E-state index contributed by atoms with van der Waals surface area (Å²) in [5.74, 6) is -0.310. The first kappa shape index (κ1) is 17.6. The van der Waals surface area contributed by atoms with E-state index < -0.39 is 10.0 Å². The molecule has 1 aromatic carbocycles. The van der Waals surface area contributed by atoms with Crippen LogP contribution in [0.3, 0.4) is 0 Å². The van der Waals surface area contributed by atoms with Gasteiger partial charge in [-0.3, -0.25) is 9.89 Å². The molecule has 8 nitrogen and oxygen atoms in total. The topological polar surface area (TPSA) is 104 Å². The van der Waals surface area contributed by atoms with E-state index in [1.165, 1.54) is 10.6 Å². The molecule has 1 atom stereocenters. The number of benzene rings is 1. The molecule has 1 aromatic heterocycles. The number of rotatable bonds is 5. The molecular weight excluding hydrogens is 344 g/mol. The minimum absolute atomic E-state index is 0.227. The number of ether oxygens (including phenoxy) is 1. The van der Waals surface area contributed by atoms with Gasteiger partial charge in [0.05, 0.1) is 24.7 Å². The summed E-state index contributed by atoms with van der Waals surface area (Å²) in [5, 5.41) is 9.61. The molecule has 0 unspecified atom stereocenters. The highest BCUT2D eigenvalue weighted by atomic mass is 32.2. The maximum atomic E-state index is 12.2. The number of aromatic amines is 1. The Balaban J connectivity index is 1.57. The molecule has 0 aliphatic carbocycles. The van der Waals surface area contributed by atoms with Crippen LogP contribution in [0.2, 0.25) is 0 Å². The lowest BCUT2D eigenvalue weighted by atomic mass is 10.1. The van der Waals surface area contributed by atoms with Gasteiger partial charge in [-0.15, -0.1) is 0 Å². The van der Waals surface area contributed by atoms with E-state index in [0.717, 1.165) is 5.56 Å². The monoisotopic (exact) mass is 364 g/mol. The first-order chi connectivity index (χ1) is 11.9. The smallest absolute Gasteiger partial charge is 0.269 e. The zero-order valence-electron chi connectivity index (χ0n) is 13.8. The molecule has 1 saturated heterocycles. The van der Waals surface area contributed by atoms with Crippen LogP contribution < -0.4 is 5.32 Å². The van der Waals surface area contributed by atoms with Crippen LogP contribution >= 0.6 is 0 Å². The molecule has 25 heavy (non-hydrogen) atoms. The van der Waals surface area contributed by atoms with Crippen molar-refractivity contribution >= 4 is 15.9 Å². The predicted molar refractivity (Wildman–Crippen MR) is 92.5 cm³/mol. The number of nitrogens with zero attached hydrogens (tertiary/aromatic N) is 2. The zero-order valence-corrected chi connectivity index (χ0v) is 14.6. The van der Waals surface area contributed by atoms with E-state index in [4.69, 9.17) is 4.74 Å². The Morgan fingerprint density at radius 2 is 2.16 bits per heavy atom. The minimum Gasteiger partial charge on any atom is -0.374 e. The number of carbonyl (C=O) groups is 1. The average molecular weight is 364 g/mol. The van der Waals surface area contributed by atoms with Gasteiger partial charge in [-0.1, -0.05) is 30.3 Å². The number of nitrogens with one attached hydrogen (secondary N) is 2. The summed E-state index contributed by atoms with van der Waals surface area (Å²) in [6.45, 7) is 1.11. The molecule has 1 fully saturated rings. The molecule has 1 amide bonds. The number of sulfonamides is 1. The number of carbonyl (C=O) groups excluding carboxylic acids is 1. The Morgan fingerprint density at radius 3 is 2.88 bits per heavy atom. The lowest BCUT2D eigenvalue weighted by molar-refractivity contribution is 0.000412. The lowest BCUT2D eigenvalue weighted by Crippen LogP contribution is -2.49. The first-order valence-electron chi connectivity index (χ1n) is 7.89. The fourth-order valence-corrected chi connectivity index (χ4v) is 3.46. The third-order valence-corrected chi connectivity index (χ3v) is 5.22. The van der Waals surface area contributed by atoms with E-state index >= 15 is 0 Å². The summed E-state index contributed by atoms with van der Waals surface area (Å²) in [4.78, 5) is 12.2. The van der Waals surface area contributed by atoms with Gasteiger partial charge in [0.1, 0.15) is 5.69 Å². The van der Waals surface area contributed by atoms with Crippen molar-refractivity contribution in [2.45, 2.75) is 6.10 Å². The molecule has 1 aliphatic heterocycles. The second-order valence-electron chi connectivity index (χ2n) is 5.86. The Kier molecular flexibility index (Phi) is 5.16. The summed E-state index contributed by atoms with van der Waals surface area (Å²) in [7, 11) is -3.25. The summed E-state index contributed by atoms with van der Waals surface area (Å²) < 4.78 is 30.1. The van der Waals surface area contributed by atoms with E-state index in [1.54, 1.807) is 6.07 Å². The minimum atomic E-state index is -3.25. The Labute approximate surface area is 146 Å². The largest absolute Gasteiger partial charge is 0.374 e. The van der Waals surface area contributed by atoms with Crippen molar-refractivity contribution in [3.8, 4) is 11.3 Å². The maximum Gasteiger partial charge on any atom is 0.269 e. The van der Waals surface area contributed by atoms with Crippen LogP contribution in [0.25, 0.3) is 11.3 Å². The van der Waals surface area contributed by atoms with E-state index in [9.17, 15) is 13.2 Å². The first-order valence-corrected chi connectivity index (χ1v) is 9.74. The summed E-state index contributed by atoms with van der Waals surface area (Å²) in [6, 6.07) is 11.2. The molecule has 1 aliphatic rings. The fraction of sp³-hybridized carbons (Fsp3) is 0.375. The zero-order chi connectivity index (χ0) is 17.9. The second kappa shape index (κ2) is 7.34. The third kappa shape index (κ3) is 4.44. The van der Waals surface area contributed by atoms with Crippen molar-refractivity contribution in [2.24, 2.45) is 0 Å². The number of hydrogen-bond acceptors (Lipinski definition) is 5. The normalized spacial score (nSPS) is 18.8. The third-order valence-electron chi connectivity index (χ3n) is 3.95. The summed E-state index contributed by atoms with van der Waals surface area (Å²) in [6.07, 6.45) is 0.799. The van der Waals surface area contributed by atoms with Gasteiger partial charge in [0.25, 0.3) is 5.91 Å². The molecule has 0 radical (unpaired) electrons. The number of hydrogen-bond donors (Lipinski definition) is 2. The summed E-state index contributed by atoms with van der Waals surface area (Å²) >= 11 is 0. The molecular formula is C16H20N4O4S. The molecule has 0 spiro atoms. The number of morpholine rings is 1. The maximum absolute atomic E-state index is 12.2. The predicted octanol–water partition coefficient (Wildman–Crippen LogP) is 0.467.